The van der Waals surface area contributed by atoms with Crippen LogP contribution in [-0.2, 0) is 4.79 Å². The van der Waals surface area contributed by atoms with Gasteiger partial charge in [-0.25, -0.2) is 0 Å². The lowest BCUT2D eigenvalue weighted by Gasteiger charge is -1.99. The molecule has 0 saturated heterocycles. The lowest BCUT2D eigenvalue weighted by molar-refractivity contribution is -0.113. The molecule has 0 radical (unpaired) electrons. The van der Waals surface area contributed by atoms with Crippen LogP contribution in [0, 0.1) is 12.3 Å². The van der Waals surface area contributed by atoms with Crippen LogP contribution < -0.4 is 16.8 Å². The van der Waals surface area contributed by atoms with E-state index in [4.69, 9.17) is 21.4 Å². The Hall–Kier alpha value is -2.03. The predicted octanol–water partition coefficient (Wildman–Crippen LogP) is -0.137. The van der Waals surface area contributed by atoms with Crippen LogP contribution in [0.15, 0.2) is 15.6 Å². The van der Waals surface area contributed by atoms with E-state index in [9.17, 15) is 4.79 Å². The summed E-state index contributed by atoms with van der Waals surface area (Å²) >= 11 is 0.901. The Balaban J connectivity index is 2.36. The molecule has 1 heterocycles. The molecule has 0 atom stereocenters. The Labute approximate surface area is 101 Å². The first kappa shape index (κ1) is 13.0. The summed E-state index contributed by atoms with van der Waals surface area (Å²) in [6.45, 7) is 1.74. The minimum atomic E-state index is -0.332. The maximum atomic E-state index is 11.4. The average Bonchev–Trinajstić information content (AvgIpc) is 2.60. The Morgan fingerprint density at radius 2 is 2.41 bits per heavy atom. The van der Waals surface area contributed by atoms with Crippen molar-refractivity contribution in [3.63, 3.8) is 0 Å². The maximum Gasteiger partial charge on any atom is 0.237 e. The molecule has 0 fully saturated rings. The van der Waals surface area contributed by atoms with Crippen LogP contribution in [-0.4, -0.2) is 27.9 Å². The van der Waals surface area contributed by atoms with Crippen LogP contribution in [0.5, 0.6) is 0 Å². The molecule has 0 unspecified atom stereocenters. The molecule has 1 aromatic rings. The van der Waals surface area contributed by atoms with Gasteiger partial charge in [-0.1, -0.05) is 16.9 Å². The fourth-order valence-corrected chi connectivity index (χ4v) is 1.39. The average molecular weight is 256 g/mol. The third-order valence-electron chi connectivity index (χ3n) is 1.46. The normalized spacial score (nSPS) is 9.71. The van der Waals surface area contributed by atoms with Crippen molar-refractivity contribution in [1.82, 2.24) is 5.16 Å². The highest BCUT2D eigenvalue weighted by molar-refractivity contribution is 8.14. The van der Waals surface area contributed by atoms with E-state index in [1.807, 2.05) is 0 Å². The standard InChI is InChI=1S/C8H12N6O2S/c1-4-2-6(16-14-4)12-5(15)3-17-8(11)13-7(9)10/h2H,3H2,1H3,(H,12,15)(H5,9,10,11,13). The number of nitrogens with two attached hydrogens (primary N) is 2. The molecule has 1 aromatic heterocycles. The molecule has 17 heavy (non-hydrogen) atoms. The number of aliphatic imine (C=N–C) groups is 1. The second-order valence-electron chi connectivity index (χ2n) is 3.01. The van der Waals surface area contributed by atoms with Gasteiger partial charge in [0.2, 0.25) is 11.8 Å². The number of nitrogens with zero attached hydrogens (tertiary/aromatic N) is 2. The van der Waals surface area contributed by atoms with Gasteiger partial charge in [0.05, 0.1) is 11.4 Å². The van der Waals surface area contributed by atoms with Crippen molar-refractivity contribution < 1.29 is 9.32 Å². The van der Waals surface area contributed by atoms with Crippen molar-refractivity contribution in [2.24, 2.45) is 16.5 Å². The molecule has 0 aliphatic heterocycles. The zero-order valence-corrected chi connectivity index (χ0v) is 9.87. The molecule has 8 nitrogen and oxygen atoms in total. The van der Waals surface area contributed by atoms with Gasteiger partial charge in [0, 0.05) is 6.07 Å². The van der Waals surface area contributed by atoms with Gasteiger partial charge < -0.3 is 16.0 Å². The Kier molecular flexibility index (Phi) is 4.52. The molecule has 6 N–H and O–H groups in total. The molecular weight excluding hydrogens is 244 g/mol. The van der Waals surface area contributed by atoms with E-state index < -0.39 is 0 Å². The number of amidine groups is 1. The molecule has 9 heteroatoms. The minimum Gasteiger partial charge on any atom is -0.370 e. The van der Waals surface area contributed by atoms with Crippen LogP contribution in [0.1, 0.15) is 5.69 Å². The molecular formula is C8H12N6O2S. The molecule has 0 bridgehead atoms. The number of guanidine groups is 1. The molecule has 0 spiro atoms. The zero-order valence-electron chi connectivity index (χ0n) is 9.06. The van der Waals surface area contributed by atoms with Crippen molar-refractivity contribution in [3.8, 4) is 0 Å². The maximum absolute atomic E-state index is 11.4. The smallest absolute Gasteiger partial charge is 0.237 e. The number of amides is 1. The van der Waals surface area contributed by atoms with Crippen LogP contribution >= 0.6 is 11.8 Å². The van der Waals surface area contributed by atoms with Crippen molar-refractivity contribution in [3.05, 3.63) is 11.8 Å². The molecule has 1 amide bonds. The molecule has 92 valence electrons. The summed E-state index contributed by atoms with van der Waals surface area (Å²) in [6.07, 6.45) is 0. The summed E-state index contributed by atoms with van der Waals surface area (Å²) in [6, 6.07) is 1.59. The number of aromatic nitrogens is 1. The van der Waals surface area contributed by atoms with Crippen LogP contribution in [0.2, 0.25) is 0 Å². The number of aryl methyl sites for hydroxylation is 1. The van der Waals surface area contributed by atoms with Crippen LogP contribution in [0.3, 0.4) is 0 Å². The van der Waals surface area contributed by atoms with Crippen molar-refractivity contribution in [2.45, 2.75) is 6.92 Å². The highest BCUT2D eigenvalue weighted by Gasteiger charge is 2.08. The number of carbonyl (C=O) groups excluding carboxylic acids is 1. The molecule has 0 saturated carbocycles. The predicted molar refractivity (Wildman–Crippen MR) is 65.9 cm³/mol. The van der Waals surface area contributed by atoms with Gasteiger partial charge in [0.1, 0.15) is 0 Å². The number of thioether (sulfide) groups is 1. The summed E-state index contributed by atoms with van der Waals surface area (Å²) < 4.78 is 4.79. The molecule has 0 aliphatic carbocycles. The second kappa shape index (κ2) is 5.89. The SMILES string of the molecule is Cc1cc(NC(=O)CSC(=N)N=C(N)N)on1. The third kappa shape index (κ3) is 5.02. The van der Waals surface area contributed by atoms with Gasteiger partial charge in [-0.15, -0.1) is 0 Å². The number of hydrogen-bond acceptors (Lipinski definition) is 5. The quantitative estimate of drug-likeness (QED) is 0.438. The first-order valence-corrected chi connectivity index (χ1v) is 5.50. The molecule has 0 aliphatic rings. The lowest BCUT2D eigenvalue weighted by atomic mass is 10.5. The first-order chi connectivity index (χ1) is 7.97. The van der Waals surface area contributed by atoms with Gasteiger partial charge in [-0.3, -0.25) is 15.5 Å². The van der Waals surface area contributed by atoms with Crippen molar-refractivity contribution >= 4 is 34.7 Å². The van der Waals surface area contributed by atoms with Gasteiger partial charge >= 0.3 is 0 Å². The number of rotatable bonds is 3. The van der Waals surface area contributed by atoms with Crippen LogP contribution in [0.25, 0.3) is 0 Å². The van der Waals surface area contributed by atoms with Gasteiger partial charge in [0.15, 0.2) is 11.1 Å². The minimum absolute atomic E-state index is 0.00929. The number of anilines is 1. The van der Waals surface area contributed by atoms with Gasteiger partial charge in [-0.05, 0) is 6.92 Å². The highest BCUT2D eigenvalue weighted by Crippen LogP contribution is 2.10. The van der Waals surface area contributed by atoms with Crippen LogP contribution in [0.4, 0.5) is 5.88 Å². The van der Waals surface area contributed by atoms with Crippen molar-refractivity contribution in [2.75, 3.05) is 11.1 Å². The zero-order chi connectivity index (χ0) is 12.8. The molecule has 0 aromatic carbocycles. The summed E-state index contributed by atoms with van der Waals surface area (Å²) in [5.74, 6) is -0.271. The second-order valence-corrected chi connectivity index (χ2v) is 3.98. The fraction of sp³-hybridized carbons (Fsp3) is 0.250. The number of carbonyl (C=O) groups is 1. The Morgan fingerprint density at radius 1 is 1.71 bits per heavy atom. The lowest BCUT2D eigenvalue weighted by Crippen LogP contribution is -2.24. The largest absolute Gasteiger partial charge is 0.370 e. The summed E-state index contributed by atoms with van der Waals surface area (Å²) in [5, 5.41) is 13.3. The third-order valence-corrected chi connectivity index (χ3v) is 2.23. The summed E-state index contributed by atoms with van der Waals surface area (Å²) in [7, 11) is 0. The van der Waals surface area contributed by atoms with Gasteiger partial charge in [0.25, 0.3) is 0 Å². The van der Waals surface area contributed by atoms with E-state index in [2.05, 4.69) is 15.5 Å². The number of hydrogen-bond donors (Lipinski definition) is 4. The summed E-state index contributed by atoms with van der Waals surface area (Å²) in [4.78, 5) is 14.8. The Morgan fingerprint density at radius 3 is 2.94 bits per heavy atom. The fourth-order valence-electron chi connectivity index (χ4n) is 0.879. The Bertz CT molecular complexity index is 451. The summed E-state index contributed by atoms with van der Waals surface area (Å²) in [5.41, 5.74) is 10.8. The van der Waals surface area contributed by atoms with E-state index in [1.54, 1.807) is 13.0 Å². The van der Waals surface area contributed by atoms with E-state index in [-0.39, 0.29) is 28.7 Å². The van der Waals surface area contributed by atoms with E-state index in [0.29, 0.717) is 5.69 Å². The highest BCUT2D eigenvalue weighted by atomic mass is 32.2. The number of nitrogens with one attached hydrogen (secondary N) is 2. The molecule has 1 rings (SSSR count). The van der Waals surface area contributed by atoms with Gasteiger partial charge in [-0.2, -0.15) is 4.99 Å². The topological polar surface area (TPSA) is 143 Å². The first-order valence-electron chi connectivity index (χ1n) is 4.51. The van der Waals surface area contributed by atoms with E-state index in [1.165, 1.54) is 0 Å². The van der Waals surface area contributed by atoms with Crippen molar-refractivity contribution in [1.29, 1.82) is 5.41 Å². The van der Waals surface area contributed by atoms with E-state index >= 15 is 0 Å². The van der Waals surface area contributed by atoms with E-state index in [0.717, 1.165) is 11.8 Å². The monoisotopic (exact) mass is 256 g/mol.